The van der Waals surface area contributed by atoms with E-state index in [0.717, 1.165) is 0 Å². The normalized spacial score (nSPS) is 11.3. The molecule has 0 saturated heterocycles. The molecule has 0 aliphatic rings. The van der Waals surface area contributed by atoms with Gasteiger partial charge in [-0.1, -0.05) is 60.7 Å². The van der Waals surface area contributed by atoms with Crippen LogP contribution in [0.4, 0.5) is 10.1 Å². The van der Waals surface area contributed by atoms with Crippen LogP contribution in [-0.4, -0.2) is 0 Å². The van der Waals surface area contributed by atoms with Gasteiger partial charge in [-0.2, -0.15) is 0 Å². The molecule has 4 rings (SSSR count). The number of hydrogen-bond donors (Lipinski definition) is 1. The van der Waals surface area contributed by atoms with Gasteiger partial charge in [0.15, 0.2) is 0 Å². The fraction of sp³-hybridized carbons (Fsp3) is 0.0400. The van der Waals surface area contributed by atoms with Crippen molar-refractivity contribution in [3.63, 3.8) is 0 Å². The predicted octanol–water partition coefficient (Wildman–Crippen LogP) is 4.90. The quantitative estimate of drug-likeness (QED) is 0.383. The molecular weight excluding hydrogens is 364 g/mol. The van der Waals surface area contributed by atoms with Gasteiger partial charge in [0.05, 0.1) is 0 Å². The van der Waals surface area contributed by atoms with E-state index in [-0.39, 0.29) is 5.82 Å². The maximum Gasteiger partial charge on any atom is 0.132 e. The van der Waals surface area contributed by atoms with Gasteiger partial charge in [-0.3, -0.25) is 0 Å². The Hall–Kier alpha value is -2.96. The fourth-order valence-electron chi connectivity index (χ4n) is 3.75. The summed E-state index contributed by atoms with van der Waals surface area (Å²) in [6.07, 6.45) is 0.545. The molecule has 2 N–H and O–H groups in total. The van der Waals surface area contributed by atoms with E-state index in [1.807, 2.05) is 18.2 Å². The number of nitrogen functional groups attached to an aromatic ring is 1. The highest BCUT2D eigenvalue weighted by atomic mass is 31.2. The molecule has 4 aromatic rings. The maximum atomic E-state index is 14.9. The molecule has 28 heavy (non-hydrogen) atoms. The third-order valence-electron chi connectivity index (χ3n) is 5.14. The summed E-state index contributed by atoms with van der Waals surface area (Å²) < 4.78 is 14.9. The Labute approximate surface area is 166 Å². The number of nitrogens with two attached hydrogens (primary N) is 1. The van der Waals surface area contributed by atoms with Crippen molar-refractivity contribution in [2.45, 2.75) is 6.16 Å². The summed E-state index contributed by atoms with van der Waals surface area (Å²) in [4.78, 5) is 0. The van der Waals surface area contributed by atoms with Gasteiger partial charge in [-0.05, 0) is 48.5 Å². The second kappa shape index (κ2) is 7.96. The van der Waals surface area contributed by atoms with Crippen molar-refractivity contribution in [2.24, 2.45) is 0 Å². The third kappa shape index (κ3) is 3.32. The van der Waals surface area contributed by atoms with Gasteiger partial charge in [0, 0.05) is 11.3 Å². The molecule has 0 aliphatic carbocycles. The van der Waals surface area contributed by atoms with Crippen LogP contribution in [0.2, 0.25) is 0 Å². The monoisotopic (exact) mass is 386 g/mol. The first-order chi connectivity index (χ1) is 13.7. The molecule has 138 valence electrons. The van der Waals surface area contributed by atoms with E-state index in [4.69, 9.17) is 5.73 Å². The summed E-state index contributed by atoms with van der Waals surface area (Å²) in [7, 11) is -2.15. The van der Waals surface area contributed by atoms with Gasteiger partial charge < -0.3 is 5.73 Å². The van der Waals surface area contributed by atoms with Crippen LogP contribution >= 0.6 is 7.26 Å². The van der Waals surface area contributed by atoms with Gasteiger partial charge in [-0.15, -0.1) is 0 Å². The minimum Gasteiger partial charge on any atom is -0.398 e. The zero-order valence-electron chi connectivity index (χ0n) is 15.5. The first kappa shape index (κ1) is 18.4. The summed E-state index contributed by atoms with van der Waals surface area (Å²) >= 11 is 0. The van der Waals surface area contributed by atoms with Gasteiger partial charge in [0.2, 0.25) is 0 Å². The van der Waals surface area contributed by atoms with E-state index in [1.165, 1.54) is 22.0 Å². The number of anilines is 1. The van der Waals surface area contributed by atoms with Crippen molar-refractivity contribution in [3.8, 4) is 0 Å². The van der Waals surface area contributed by atoms with Crippen molar-refractivity contribution in [1.82, 2.24) is 0 Å². The Morgan fingerprint density at radius 1 is 0.571 bits per heavy atom. The van der Waals surface area contributed by atoms with Crippen LogP contribution in [0.25, 0.3) is 0 Å². The molecule has 4 aromatic carbocycles. The largest absolute Gasteiger partial charge is 0.398 e. The van der Waals surface area contributed by atoms with Gasteiger partial charge in [0.1, 0.15) is 35.2 Å². The van der Waals surface area contributed by atoms with Crippen molar-refractivity contribution < 1.29 is 4.39 Å². The van der Waals surface area contributed by atoms with Crippen molar-refractivity contribution in [3.05, 3.63) is 121 Å². The molecule has 1 nitrogen and oxygen atoms in total. The molecule has 3 heteroatoms. The Morgan fingerprint density at radius 3 is 1.39 bits per heavy atom. The summed E-state index contributed by atoms with van der Waals surface area (Å²) in [5.41, 5.74) is 7.34. The van der Waals surface area contributed by atoms with Crippen LogP contribution in [0.5, 0.6) is 0 Å². The third-order valence-corrected chi connectivity index (χ3v) is 9.47. The molecule has 0 radical (unpaired) electrons. The standard InChI is InChI=1S/C25H22FNP/c26-24-17-10-18-25(27)23(24)19-28(20-11-4-1-5-12-20,21-13-6-2-7-14-21)22-15-8-3-9-16-22/h1-18H,19,27H2/q+1. The first-order valence-electron chi connectivity index (χ1n) is 9.29. The minimum atomic E-state index is -2.15. The molecule has 0 bridgehead atoms. The number of benzene rings is 4. The summed E-state index contributed by atoms with van der Waals surface area (Å²) in [5, 5.41) is 3.65. The zero-order valence-corrected chi connectivity index (χ0v) is 16.4. The van der Waals surface area contributed by atoms with Crippen molar-refractivity contribution in [2.75, 3.05) is 5.73 Å². The van der Waals surface area contributed by atoms with Crippen LogP contribution in [-0.2, 0) is 6.16 Å². The van der Waals surface area contributed by atoms with Crippen LogP contribution < -0.4 is 21.6 Å². The van der Waals surface area contributed by atoms with Gasteiger partial charge in [0.25, 0.3) is 0 Å². The lowest BCUT2D eigenvalue weighted by molar-refractivity contribution is 0.618. The second-order valence-corrected chi connectivity index (χ2v) is 10.3. The lowest BCUT2D eigenvalue weighted by atomic mass is 10.2. The lowest BCUT2D eigenvalue weighted by Gasteiger charge is -2.28. The molecule has 0 saturated carbocycles. The molecule has 0 unspecified atom stereocenters. The maximum absolute atomic E-state index is 14.9. The highest BCUT2D eigenvalue weighted by molar-refractivity contribution is 7.95. The Bertz CT molecular complexity index is 933. The van der Waals surface area contributed by atoms with E-state index in [2.05, 4.69) is 72.8 Å². The van der Waals surface area contributed by atoms with Crippen LogP contribution in [0.15, 0.2) is 109 Å². The summed E-state index contributed by atoms with van der Waals surface area (Å²) in [6, 6.07) is 36.3. The summed E-state index contributed by atoms with van der Waals surface area (Å²) in [5.74, 6) is -0.243. The van der Waals surface area contributed by atoms with E-state index < -0.39 is 7.26 Å². The van der Waals surface area contributed by atoms with Crippen molar-refractivity contribution in [1.29, 1.82) is 0 Å². The van der Waals surface area contributed by atoms with Crippen LogP contribution in [0, 0.1) is 5.82 Å². The number of hydrogen-bond acceptors (Lipinski definition) is 1. The van der Waals surface area contributed by atoms with Crippen LogP contribution in [0.3, 0.4) is 0 Å². The van der Waals surface area contributed by atoms with Gasteiger partial charge >= 0.3 is 0 Å². The lowest BCUT2D eigenvalue weighted by Crippen LogP contribution is -2.32. The topological polar surface area (TPSA) is 26.0 Å². The van der Waals surface area contributed by atoms with E-state index >= 15 is 0 Å². The van der Waals surface area contributed by atoms with Crippen LogP contribution in [0.1, 0.15) is 5.56 Å². The predicted molar refractivity (Wildman–Crippen MR) is 120 cm³/mol. The smallest absolute Gasteiger partial charge is 0.132 e. The number of rotatable bonds is 5. The Balaban J connectivity index is 2.04. The SMILES string of the molecule is Nc1cccc(F)c1C[P+](c1ccccc1)(c1ccccc1)c1ccccc1. The van der Waals surface area contributed by atoms with E-state index in [9.17, 15) is 4.39 Å². The van der Waals surface area contributed by atoms with Gasteiger partial charge in [-0.25, -0.2) is 4.39 Å². The highest BCUT2D eigenvalue weighted by Gasteiger charge is 2.46. The average molecular weight is 386 g/mol. The second-order valence-electron chi connectivity index (χ2n) is 6.78. The molecule has 0 spiro atoms. The molecule has 0 fully saturated rings. The zero-order chi connectivity index (χ0) is 19.4. The highest BCUT2D eigenvalue weighted by Crippen LogP contribution is 2.58. The number of halogens is 1. The molecule has 0 aromatic heterocycles. The van der Waals surface area contributed by atoms with E-state index in [0.29, 0.717) is 17.4 Å². The van der Waals surface area contributed by atoms with Crippen molar-refractivity contribution >= 4 is 28.9 Å². The first-order valence-corrected chi connectivity index (χ1v) is 11.3. The molecular formula is C25H22FNP+. The molecule has 0 amide bonds. The fourth-order valence-corrected chi connectivity index (χ4v) is 8.04. The average Bonchev–Trinajstić information content (AvgIpc) is 2.76. The molecule has 0 aliphatic heterocycles. The molecule has 0 atom stereocenters. The Kier molecular flexibility index (Phi) is 5.23. The van der Waals surface area contributed by atoms with E-state index in [1.54, 1.807) is 12.1 Å². The molecule has 0 heterocycles. The Morgan fingerprint density at radius 2 is 1.00 bits per heavy atom. The summed E-state index contributed by atoms with van der Waals surface area (Å²) in [6.45, 7) is 0. The minimum absolute atomic E-state index is 0.243.